The maximum Gasteiger partial charge on any atom is 0.310 e. The smallest absolute Gasteiger partial charge is 0.310 e. The van der Waals surface area contributed by atoms with Gasteiger partial charge < -0.3 is 10.0 Å². The molecule has 0 spiro atoms. The van der Waals surface area contributed by atoms with Gasteiger partial charge in [-0.2, -0.15) is 0 Å². The standard InChI is InChI=1S/C25H23NO3/c1-3-17-8-10-18(11-9-17)23-14-20(12-13-21(23)16(2)25(28)29)26-15-19-6-4-5-7-22(19)24(26)27/h4-14,16H,3,15H2,1-2H3,(H,28,29). The number of aliphatic carboxylic acids is 1. The van der Waals surface area contributed by atoms with Crippen molar-refractivity contribution in [1.29, 1.82) is 0 Å². The summed E-state index contributed by atoms with van der Waals surface area (Å²) in [5, 5.41) is 9.57. The van der Waals surface area contributed by atoms with E-state index in [2.05, 4.69) is 19.1 Å². The van der Waals surface area contributed by atoms with Crippen molar-refractivity contribution in [3.8, 4) is 11.1 Å². The SMILES string of the molecule is CCc1ccc(-c2cc(N3Cc4ccccc4C3=O)ccc2C(C)C(=O)O)cc1. The number of carboxylic acid groups (broad SMARTS) is 1. The van der Waals surface area contributed by atoms with Crippen LogP contribution in [-0.4, -0.2) is 17.0 Å². The molecule has 0 saturated carbocycles. The van der Waals surface area contributed by atoms with Crippen molar-refractivity contribution in [1.82, 2.24) is 0 Å². The van der Waals surface area contributed by atoms with E-state index in [1.54, 1.807) is 11.8 Å². The Morgan fingerprint density at radius 2 is 1.76 bits per heavy atom. The lowest BCUT2D eigenvalue weighted by atomic mass is 9.90. The highest BCUT2D eigenvalue weighted by Crippen LogP contribution is 2.36. The molecular weight excluding hydrogens is 362 g/mol. The number of hydrogen-bond acceptors (Lipinski definition) is 2. The maximum absolute atomic E-state index is 12.9. The third-order valence-electron chi connectivity index (χ3n) is 5.68. The van der Waals surface area contributed by atoms with Crippen LogP contribution in [0.3, 0.4) is 0 Å². The Bertz CT molecular complexity index is 1090. The lowest BCUT2D eigenvalue weighted by Crippen LogP contribution is -2.23. The predicted molar refractivity (Wildman–Crippen MR) is 114 cm³/mol. The zero-order valence-corrected chi connectivity index (χ0v) is 16.6. The lowest BCUT2D eigenvalue weighted by Gasteiger charge is -2.20. The number of rotatable bonds is 5. The predicted octanol–water partition coefficient (Wildman–Crippen LogP) is 5.26. The van der Waals surface area contributed by atoms with Gasteiger partial charge in [-0.1, -0.05) is 55.5 Å². The number of benzene rings is 3. The van der Waals surface area contributed by atoms with Crippen LogP contribution in [0.25, 0.3) is 11.1 Å². The van der Waals surface area contributed by atoms with Gasteiger partial charge in [0.2, 0.25) is 0 Å². The summed E-state index contributed by atoms with van der Waals surface area (Å²) >= 11 is 0. The van der Waals surface area contributed by atoms with E-state index in [9.17, 15) is 14.7 Å². The molecule has 0 aromatic heterocycles. The maximum atomic E-state index is 12.9. The number of aryl methyl sites for hydroxylation is 1. The molecule has 0 saturated heterocycles. The number of hydrogen-bond donors (Lipinski definition) is 1. The molecule has 1 heterocycles. The number of carbonyl (C=O) groups is 2. The number of nitrogens with zero attached hydrogens (tertiary/aromatic N) is 1. The molecule has 4 rings (SSSR count). The highest BCUT2D eigenvalue weighted by molar-refractivity contribution is 6.10. The Balaban J connectivity index is 1.79. The lowest BCUT2D eigenvalue weighted by molar-refractivity contribution is -0.138. The van der Waals surface area contributed by atoms with Crippen molar-refractivity contribution in [2.45, 2.75) is 32.7 Å². The number of anilines is 1. The third kappa shape index (κ3) is 3.42. The van der Waals surface area contributed by atoms with Crippen LogP contribution in [0.15, 0.2) is 66.7 Å². The molecule has 4 nitrogen and oxygen atoms in total. The zero-order chi connectivity index (χ0) is 20.5. The number of carboxylic acids is 1. The van der Waals surface area contributed by atoms with Crippen molar-refractivity contribution in [3.05, 3.63) is 89.0 Å². The Morgan fingerprint density at radius 1 is 1.03 bits per heavy atom. The molecule has 3 aromatic rings. The van der Waals surface area contributed by atoms with Crippen molar-refractivity contribution >= 4 is 17.6 Å². The molecule has 1 amide bonds. The first-order valence-electron chi connectivity index (χ1n) is 9.85. The number of fused-ring (bicyclic) bond motifs is 1. The van der Waals surface area contributed by atoms with Crippen LogP contribution in [0.5, 0.6) is 0 Å². The molecule has 0 aliphatic carbocycles. The first kappa shape index (κ1) is 18.9. The first-order chi connectivity index (χ1) is 14.0. The summed E-state index contributed by atoms with van der Waals surface area (Å²) < 4.78 is 0. The van der Waals surface area contributed by atoms with Crippen LogP contribution < -0.4 is 4.90 Å². The summed E-state index contributed by atoms with van der Waals surface area (Å²) in [5.74, 6) is -1.53. The molecular formula is C25H23NO3. The molecule has 1 aliphatic rings. The van der Waals surface area contributed by atoms with E-state index >= 15 is 0 Å². The molecule has 0 fully saturated rings. The molecule has 3 aromatic carbocycles. The Kier molecular flexibility index (Phi) is 4.93. The average molecular weight is 385 g/mol. The topological polar surface area (TPSA) is 57.6 Å². The van der Waals surface area contributed by atoms with E-state index in [-0.39, 0.29) is 5.91 Å². The summed E-state index contributed by atoms with van der Waals surface area (Å²) in [6.07, 6.45) is 0.944. The fourth-order valence-corrected chi connectivity index (χ4v) is 3.86. The summed E-state index contributed by atoms with van der Waals surface area (Å²) in [5.41, 5.74) is 6.29. The highest BCUT2D eigenvalue weighted by atomic mass is 16.4. The van der Waals surface area contributed by atoms with Crippen molar-refractivity contribution in [3.63, 3.8) is 0 Å². The van der Waals surface area contributed by atoms with Gasteiger partial charge in [0.25, 0.3) is 5.91 Å². The van der Waals surface area contributed by atoms with Crippen LogP contribution in [0.4, 0.5) is 5.69 Å². The van der Waals surface area contributed by atoms with Gasteiger partial charge in [0.15, 0.2) is 0 Å². The minimum atomic E-state index is -0.867. The van der Waals surface area contributed by atoms with Crippen molar-refractivity contribution in [2.75, 3.05) is 4.90 Å². The molecule has 0 bridgehead atoms. The monoisotopic (exact) mass is 385 g/mol. The van der Waals surface area contributed by atoms with Gasteiger partial charge in [0, 0.05) is 11.3 Å². The minimum absolute atomic E-state index is 0.0214. The van der Waals surface area contributed by atoms with E-state index in [0.29, 0.717) is 6.54 Å². The highest BCUT2D eigenvalue weighted by Gasteiger charge is 2.29. The fourth-order valence-electron chi connectivity index (χ4n) is 3.86. The van der Waals surface area contributed by atoms with Gasteiger partial charge in [-0.05, 0) is 59.4 Å². The summed E-state index contributed by atoms with van der Waals surface area (Å²) in [6, 6.07) is 21.4. The minimum Gasteiger partial charge on any atom is -0.481 e. The molecule has 1 N–H and O–H groups in total. The molecule has 1 atom stereocenters. The van der Waals surface area contributed by atoms with Crippen LogP contribution in [0.2, 0.25) is 0 Å². The molecule has 1 aliphatic heterocycles. The second-order valence-electron chi connectivity index (χ2n) is 7.43. The van der Waals surface area contributed by atoms with Crippen LogP contribution in [0, 0.1) is 0 Å². The quantitative estimate of drug-likeness (QED) is 0.651. The number of carbonyl (C=O) groups excluding carboxylic acids is 1. The van der Waals surface area contributed by atoms with E-state index in [0.717, 1.165) is 39.9 Å². The van der Waals surface area contributed by atoms with Crippen molar-refractivity contribution < 1.29 is 14.7 Å². The number of amides is 1. The second kappa shape index (κ2) is 7.55. The Hall–Kier alpha value is -3.40. The molecule has 146 valence electrons. The summed E-state index contributed by atoms with van der Waals surface area (Å²) in [7, 11) is 0. The Labute approximate surface area is 170 Å². The van der Waals surface area contributed by atoms with E-state index in [1.165, 1.54) is 5.56 Å². The van der Waals surface area contributed by atoms with E-state index in [1.807, 2.05) is 54.6 Å². The first-order valence-corrected chi connectivity index (χ1v) is 9.85. The largest absolute Gasteiger partial charge is 0.481 e. The van der Waals surface area contributed by atoms with Gasteiger partial charge in [-0.25, -0.2) is 0 Å². The fraction of sp³-hybridized carbons (Fsp3) is 0.200. The van der Waals surface area contributed by atoms with E-state index < -0.39 is 11.9 Å². The van der Waals surface area contributed by atoms with Crippen LogP contribution in [-0.2, 0) is 17.8 Å². The third-order valence-corrected chi connectivity index (χ3v) is 5.68. The second-order valence-corrected chi connectivity index (χ2v) is 7.43. The molecule has 1 unspecified atom stereocenters. The average Bonchev–Trinajstić information content (AvgIpc) is 3.09. The van der Waals surface area contributed by atoms with Gasteiger partial charge in [-0.3, -0.25) is 9.59 Å². The van der Waals surface area contributed by atoms with Gasteiger partial charge >= 0.3 is 5.97 Å². The van der Waals surface area contributed by atoms with E-state index in [4.69, 9.17) is 0 Å². The van der Waals surface area contributed by atoms with Gasteiger partial charge in [0.05, 0.1) is 12.5 Å². The Morgan fingerprint density at radius 3 is 2.41 bits per heavy atom. The van der Waals surface area contributed by atoms with Crippen molar-refractivity contribution in [2.24, 2.45) is 0 Å². The van der Waals surface area contributed by atoms with Crippen LogP contribution >= 0.6 is 0 Å². The summed E-state index contributed by atoms with van der Waals surface area (Å²) in [4.78, 5) is 26.3. The molecule has 4 heteroatoms. The van der Waals surface area contributed by atoms with Gasteiger partial charge in [0.1, 0.15) is 0 Å². The molecule has 29 heavy (non-hydrogen) atoms. The normalized spacial score (nSPS) is 14.0. The van der Waals surface area contributed by atoms with Crippen LogP contribution in [0.1, 0.15) is 46.8 Å². The zero-order valence-electron chi connectivity index (χ0n) is 16.6. The molecule has 0 radical (unpaired) electrons. The van der Waals surface area contributed by atoms with Gasteiger partial charge in [-0.15, -0.1) is 0 Å². The summed E-state index contributed by atoms with van der Waals surface area (Å²) in [6.45, 7) is 4.32.